The van der Waals surface area contributed by atoms with E-state index < -0.39 is 14.7 Å². The molecule has 0 bridgehead atoms. The summed E-state index contributed by atoms with van der Waals surface area (Å²) >= 11 is 0.895. The van der Waals surface area contributed by atoms with Crippen molar-refractivity contribution in [1.82, 2.24) is 0 Å². The number of hydrogen-bond acceptors (Lipinski definition) is 1. The van der Waals surface area contributed by atoms with Gasteiger partial charge in [0.2, 0.25) is 0 Å². The van der Waals surface area contributed by atoms with E-state index in [9.17, 15) is 0 Å². The monoisotopic (exact) mass is 260 g/mol. The van der Waals surface area contributed by atoms with Crippen LogP contribution in [0.4, 0.5) is 0 Å². The Balaban J connectivity index is 2.08. The third-order valence-electron chi connectivity index (χ3n) is 2.33. The van der Waals surface area contributed by atoms with Gasteiger partial charge in [-0.25, -0.2) is 0 Å². The molecule has 0 radical (unpaired) electrons. The zero-order chi connectivity index (χ0) is 9.38. The summed E-state index contributed by atoms with van der Waals surface area (Å²) in [6, 6.07) is 13.1. The molecule has 1 aliphatic heterocycles. The summed E-state index contributed by atoms with van der Waals surface area (Å²) in [7, 11) is 0. The standard InChI is InChI=1S/C12H9AsS/c1-2-4-11(5-3-1)13-8-6-10-7-9-14-12(10)13/h1-9H. The average molecular weight is 260 g/mol. The van der Waals surface area contributed by atoms with Gasteiger partial charge in [0.25, 0.3) is 0 Å². The Morgan fingerprint density at radius 2 is 1.86 bits per heavy atom. The predicted molar refractivity (Wildman–Crippen MR) is 64.8 cm³/mol. The fraction of sp³-hybridized carbons (Fsp3) is 0. The Kier molecular flexibility index (Phi) is 2.08. The molecule has 2 heteroatoms. The molecule has 1 aromatic carbocycles. The van der Waals surface area contributed by atoms with Crippen LogP contribution in [0.15, 0.2) is 46.6 Å². The summed E-state index contributed by atoms with van der Waals surface area (Å²) in [6.07, 6.45) is 2.29. The van der Waals surface area contributed by atoms with Crippen LogP contribution in [0.2, 0.25) is 0 Å². The van der Waals surface area contributed by atoms with E-state index in [1.165, 1.54) is 9.91 Å². The van der Waals surface area contributed by atoms with Crippen molar-refractivity contribution in [2.45, 2.75) is 0 Å². The molecule has 1 aromatic heterocycles. The van der Waals surface area contributed by atoms with Gasteiger partial charge in [0.05, 0.1) is 0 Å². The fourth-order valence-corrected chi connectivity index (χ4v) is 8.06. The van der Waals surface area contributed by atoms with Crippen molar-refractivity contribution < 1.29 is 0 Å². The zero-order valence-electron chi connectivity index (χ0n) is 7.55. The van der Waals surface area contributed by atoms with Gasteiger partial charge in [0.1, 0.15) is 0 Å². The van der Waals surface area contributed by atoms with Gasteiger partial charge in [-0.05, 0) is 0 Å². The first-order valence-electron chi connectivity index (χ1n) is 4.55. The van der Waals surface area contributed by atoms with Crippen molar-refractivity contribution in [2.24, 2.45) is 0 Å². The summed E-state index contributed by atoms with van der Waals surface area (Å²) in [5.41, 5.74) is 1.46. The van der Waals surface area contributed by atoms with Crippen molar-refractivity contribution in [3.63, 3.8) is 0 Å². The first kappa shape index (κ1) is 8.52. The average Bonchev–Trinajstić information content (AvgIpc) is 2.79. The van der Waals surface area contributed by atoms with Crippen LogP contribution < -0.4 is 8.02 Å². The normalized spacial score (nSPS) is 18.4. The molecule has 0 saturated heterocycles. The predicted octanol–water partition coefficient (Wildman–Crippen LogP) is 1.92. The van der Waals surface area contributed by atoms with E-state index in [4.69, 9.17) is 0 Å². The Labute approximate surface area is 92.2 Å². The van der Waals surface area contributed by atoms with Crippen molar-refractivity contribution >= 4 is 40.1 Å². The van der Waals surface area contributed by atoms with Crippen molar-refractivity contribution in [3.8, 4) is 0 Å². The molecule has 1 atom stereocenters. The van der Waals surface area contributed by atoms with Crippen LogP contribution in [0.3, 0.4) is 0 Å². The molecule has 0 N–H and O–H groups in total. The van der Waals surface area contributed by atoms with Gasteiger partial charge in [-0.1, -0.05) is 0 Å². The molecule has 3 rings (SSSR count). The molecule has 14 heavy (non-hydrogen) atoms. The Bertz CT molecular complexity index is 470. The SMILES string of the molecule is C1=C[As](c2ccccc2)c2sccc21. The molecule has 0 saturated carbocycles. The number of thiophene rings is 1. The van der Waals surface area contributed by atoms with Crippen LogP contribution in [-0.2, 0) is 0 Å². The maximum atomic E-state index is 2.43. The van der Waals surface area contributed by atoms with Gasteiger partial charge in [-0.15, -0.1) is 0 Å². The van der Waals surface area contributed by atoms with Gasteiger partial charge < -0.3 is 0 Å². The minimum atomic E-state index is -1.02. The second-order valence-corrected chi connectivity index (χ2v) is 8.98. The van der Waals surface area contributed by atoms with Crippen LogP contribution in [0, 0.1) is 0 Å². The van der Waals surface area contributed by atoms with Crippen LogP contribution in [-0.4, -0.2) is 14.7 Å². The summed E-state index contributed by atoms with van der Waals surface area (Å²) in [5.74, 6) is 0. The first-order valence-corrected chi connectivity index (χ1v) is 8.39. The first-order chi connectivity index (χ1) is 6.95. The Morgan fingerprint density at radius 3 is 2.71 bits per heavy atom. The molecule has 2 aromatic rings. The summed E-state index contributed by atoms with van der Waals surface area (Å²) in [4.78, 5) is 2.43. The topological polar surface area (TPSA) is 0 Å². The third-order valence-corrected chi connectivity index (χ3v) is 8.94. The molecule has 1 aliphatic rings. The van der Waals surface area contributed by atoms with Crippen LogP contribution in [0.5, 0.6) is 0 Å². The van der Waals surface area contributed by atoms with Gasteiger partial charge in [-0.2, -0.15) is 0 Å². The number of fused-ring (bicyclic) bond motifs is 1. The Hall–Kier alpha value is -0.782. The maximum absolute atomic E-state index is 2.43. The second-order valence-electron chi connectivity index (χ2n) is 3.20. The molecular weight excluding hydrogens is 251 g/mol. The van der Waals surface area contributed by atoms with Crippen LogP contribution in [0.1, 0.15) is 5.56 Å². The van der Waals surface area contributed by atoms with E-state index >= 15 is 0 Å². The van der Waals surface area contributed by atoms with Gasteiger partial charge in [-0.3, -0.25) is 0 Å². The van der Waals surface area contributed by atoms with E-state index in [1.807, 2.05) is 11.3 Å². The fourth-order valence-electron chi connectivity index (χ4n) is 1.65. The van der Waals surface area contributed by atoms with E-state index in [2.05, 4.69) is 52.7 Å². The van der Waals surface area contributed by atoms with Crippen molar-refractivity contribution in [2.75, 3.05) is 0 Å². The number of benzene rings is 1. The summed E-state index contributed by atoms with van der Waals surface area (Å²) < 4.78 is 3.17. The molecule has 0 aliphatic carbocycles. The summed E-state index contributed by atoms with van der Waals surface area (Å²) in [5, 5.41) is 2.21. The van der Waals surface area contributed by atoms with Crippen molar-refractivity contribution in [1.29, 1.82) is 0 Å². The Morgan fingerprint density at radius 1 is 1.00 bits per heavy atom. The van der Waals surface area contributed by atoms with E-state index in [0.717, 1.165) is 0 Å². The third kappa shape index (κ3) is 1.28. The molecule has 68 valence electrons. The van der Waals surface area contributed by atoms with Crippen LogP contribution >= 0.6 is 11.3 Å². The molecule has 2 heterocycles. The molecule has 0 nitrogen and oxygen atoms in total. The molecule has 0 spiro atoms. The molecule has 1 unspecified atom stereocenters. The van der Waals surface area contributed by atoms with E-state index in [1.54, 1.807) is 3.66 Å². The van der Waals surface area contributed by atoms with Crippen molar-refractivity contribution in [3.05, 3.63) is 52.2 Å². The number of hydrogen-bond donors (Lipinski definition) is 0. The molecular formula is C12H9AsS. The zero-order valence-corrected chi connectivity index (χ0v) is 10.2. The molecule has 0 fully saturated rings. The van der Waals surface area contributed by atoms with Gasteiger partial charge in [0.15, 0.2) is 0 Å². The van der Waals surface area contributed by atoms with Gasteiger partial charge in [0, 0.05) is 0 Å². The van der Waals surface area contributed by atoms with E-state index in [-0.39, 0.29) is 0 Å². The van der Waals surface area contributed by atoms with E-state index in [0.29, 0.717) is 0 Å². The van der Waals surface area contributed by atoms with Gasteiger partial charge >= 0.3 is 92.3 Å². The number of rotatable bonds is 1. The second kappa shape index (κ2) is 3.42. The summed E-state index contributed by atoms with van der Waals surface area (Å²) in [6.45, 7) is 0. The molecule has 0 amide bonds. The van der Waals surface area contributed by atoms with Crippen LogP contribution in [0.25, 0.3) is 6.08 Å². The minimum absolute atomic E-state index is 1.02. The quantitative estimate of drug-likeness (QED) is 0.687.